The minimum Gasteiger partial charge on any atom is -0.359 e. The van der Waals surface area contributed by atoms with Crippen LogP contribution in [0.5, 0.6) is 0 Å². The van der Waals surface area contributed by atoms with Crippen molar-refractivity contribution in [3.8, 4) is 0 Å². The van der Waals surface area contributed by atoms with Gasteiger partial charge in [0.1, 0.15) is 0 Å². The second-order valence-electron chi connectivity index (χ2n) is 3.61. The molecule has 1 rings (SSSR count). The van der Waals surface area contributed by atoms with Gasteiger partial charge >= 0.3 is 0 Å². The predicted molar refractivity (Wildman–Crippen MR) is 64.3 cm³/mol. The van der Waals surface area contributed by atoms with E-state index >= 15 is 0 Å². The van der Waals surface area contributed by atoms with Crippen molar-refractivity contribution in [2.45, 2.75) is 24.6 Å². The molecule has 0 aromatic heterocycles. The minimum absolute atomic E-state index is 0.319. The monoisotopic (exact) mass is 216 g/mol. The van der Waals surface area contributed by atoms with E-state index in [1.54, 1.807) is 6.08 Å². The summed E-state index contributed by atoms with van der Waals surface area (Å²) in [6, 6.07) is 0.502. The molecule has 4 heteroatoms. The van der Waals surface area contributed by atoms with Gasteiger partial charge in [0.2, 0.25) is 0 Å². The lowest BCUT2D eigenvalue weighted by molar-refractivity contribution is 0.498. The summed E-state index contributed by atoms with van der Waals surface area (Å²) in [6.07, 6.45) is 1.80. The summed E-state index contributed by atoms with van der Waals surface area (Å²) < 4.78 is 0.319. The van der Waals surface area contributed by atoms with Crippen LogP contribution in [0.4, 0.5) is 0 Å². The van der Waals surface area contributed by atoms with E-state index in [2.05, 4.69) is 31.1 Å². The molecule has 2 nitrogen and oxygen atoms in total. The zero-order valence-electron chi connectivity index (χ0n) is 8.09. The molecule has 0 aromatic rings. The second-order valence-corrected chi connectivity index (χ2v) is 5.69. The van der Waals surface area contributed by atoms with Gasteiger partial charge in [-0.15, -0.1) is 6.58 Å². The van der Waals surface area contributed by atoms with Crippen LogP contribution in [0, 0.1) is 0 Å². The summed E-state index contributed by atoms with van der Waals surface area (Å²) in [5, 5.41) is 7.09. The number of hydrogen-bond donors (Lipinski definition) is 2. The van der Waals surface area contributed by atoms with Crippen molar-refractivity contribution in [3.63, 3.8) is 0 Å². The SMILES string of the molecule is C=CCNC(=S)NC1CSC1(C)C. The average molecular weight is 216 g/mol. The first kappa shape index (κ1) is 10.9. The van der Waals surface area contributed by atoms with Crippen molar-refractivity contribution in [1.82, 2.24) is 10.6 Å². The summed E-state index contributed by atoms with van der Waals surface area (Å²) in [6.45, 7) is 8.81. The highest BCUT2D eigenvalue weighted by Gasteiger charge is 2.39. The van der Waals surface area contributed by atoms with E-state index in [-0.39, 0.29) is 0 Å². The van der Waals surface area contributed by atoms with Crippen LogP contribution in [0.2, 0.25) is 0 Å². The molecule has 0 amide bonds. The maximum Gasteiger partial charge on any atom is 0.166 e. The maximum atomic E-state index is 5.12. The van der Waals surface area contributed by atoms with Crippen LogP contribution < -0.4 is 10.6 Å². The van der Waals surface area contributed by atoms with E-state index < -0.39 is 0 Å². The van der Waals surface area contributed by atoms with Gasteiger partial charge in [-0.05, 0) is 26.1 Å². The molecule has 0 aliphatic carbocycles. The first-order valence-electron chi connectivity index (χ1n) is 4.35. The summed E-state index contributed by atoms with van der Waals surface area (Å²) in [7, 11) is 0. The predicted octanol–water partition coefficient (Wildman–Crippen LogP) is 1.53. The lowest BCUT2D eigenvalue weighted by atomic mass is 10.0. The normalized spacial score (nSPS) is 24.3. The van der Waals surface area contributed by atoms with Gasteiger partial charge in [-0.1, -0.05) is 6.08 Å². The largest absolute Gasteiger partial charge is 0.359 e. The van der Waals surface area contributed by atoms with Gasteiger partial charge in [-0.25, -0.2) is 0 Å². The quantitative estimate of drug-likeness (QED) is 0.552. The van der Waals surface area contributed by atoms with Crippen molar-refractivity contribution < 1.29 is 0 Å². The molecule has 13 heavy (non-hydrogen) atoms. The molecule has 1 unspecified atom stereocenters. The zero-order chi connectivity index (χ0) is 9.90. The van der Waals surface area contributed by atoms with Gasteiger partial charge in [-0.2, -0.15) is 11.8 Å². The van der Waals surface area contributed by atoms with Crippen LogP contribution in [-0.4, -0.2) is 28.2 Å². The first-order chi connectivity index (χ1) is 6.06. The van der Waals surface area contributed by atoms with Crippen LogP contribution in [0.15, 0.2) is 12.7 Å². The van der Waals surface area contributed by atoms with Gasteiger partial charge in [0.25, 0.3) is 0 Å². The Morgan fingerprint density at radius 2 is 2.46 bits per heavy atom. The lowest BCUT2D eigenvalue weighted by Gasteiger charge is -2.44. The van der Waals surface area contributed by atoms with Crippen LogP contribution >= 0.6 is 24.0 Å². The summed E-state index contributed by atoms with van der Waals surface area (Å²) >= 11 is 7.09. The summed E-state index contributed by atoms with van der Waals surface area (Å²) in [4.78, 5) is 0. The number of thiocarbonyl (C=S) groups is 1. The molecule has 1 atom stereocenters. The molecule has 0 saturated carbocycles. The first-order valence-corrected chi connectivity index (χ1v) is 5.75. The van der Waals surface area contributed by atoms with E-state index in [1.807, 2.05) is 11.8 Å². The third-order valence-corrected chi connectivity index (χ3v) is 3.96. The fraction of sp³-hybridized carbons (Fsp3) is 0.667. The van der Waals surface area contributed by atoms with Gasteiger partial charge in [0.05, 0.1) is 6.04 Å². The Labute approximate surface area is 89.5 Å². The van der Waals surface area contributed by atoms with Gasteiger partial charge < -0.3 is 10.6 Å². The zero-order valence-corrected chi connectivity index (χ0v) is 9.73. The maximum absolute atomic E-state index is 5.12. The Balaban J connectivity index is 2.25. The van der Waals surface area contributed by atoms with Gasteiger partial charge in [0, 0.05) is 17.0 Å². The number of nitrogens with one attached hydrogen (secondary N) is 2. The van der Waals surface area contributed by atoms with Crippen molar-refractivity contribution >= 4 is 29.1 Å². The Hall–Kier alpha value is -0.220. The second kappa shape index (κ2) is 4.33. The van der Waals surface area contributed by atoms with Gasteiger partial charge in [0.15, 0.2) is 5.11 Å². The highest BCUT2D eigenvalue weighted by molar-refractivity contribution is 8.02. The molecular formula is C9H16N2S2. The van der Waals surface area contributed by atoms with E-state index in [1.165, 1.54) is 0 Å². The molecule has 1 fully saturated rings. The van der Waals surface area contributed by atoms with Gasteiger partial charge in [-0.3, -0.25) is 0 Å². The van der Waals surface area contributed by atoms with E-state index in [0.717, 1.165) is 17.4 Å². The molecule has 0 radical (unpaired) electrons. The molecule has 1 saturated heterocycles. The third-order valence-electron chi connectivity index (χ3n) is 2.17. The number of rotatable bonds is 3. The molecule has 74 valence electrons. The fourth-order valence-electron chi connectivity index (χ4n) is 1.09. The van der Waals surface area contributed by atoms with Crippen molar-refractivity contribution in [2.75, 3.05) is 12.3 Å². The van der Waals surface area contributed by atoms with E-state index in [4.69, 9.17) is 12.2 Å². The van der Waals surface area contributed by atoms with Crippen molar-refractivity contribution in [2.24, 2.45) is 0 Å². The topological polar surface area (TPSA) is 24.1 Å². The van der Waals surface area contributed by atoms with E-state index in [9.17, 15) is 0 Å². The Kier molecular flexibility index (Phi) is 3.62. The fourth-order valence-corrected chi connectivity index (χ4v) is 2.46. The molecule has 0 bridgehead atoms. The molecule has 0 spiro atoms. The molecular weight excluding hydrogens is 200 g/mol. The van der Waals surface area contributed by atoms with Crippen molar-refractivity contribution in [1.29, 1.82) is 0 Å². The van der Waals surface area contributed by atoms with Crippen LogP contribution in [0.3, 0.4) is 0 Å². The van der Waals surface area contributed by atoms with Crippen molar-refractivity contribution in [3.05, 3.63) is 12.7 Å². The molecule has 1 aliphatic rings. The summed E-state index contributed by atoms with van der Waals surface area (Å²) in [5.41, 5.74) is 0. The lowest BCUT2D eigenvalue weighted by Crippen LogP contribution is -2.58. The van der Waals surface area contributed by atoms with Crippen LogP contribution in [0.25, 0.3) is 0 Å². The summed E-state index contributed by atoms with van der Waals surface area (Å²) in [5.74, 6) is 1.14. The Bertz CT molecular complexity index is 214. The standard InChI is InChI=1S/C9H16N2S2/c1-4-5-10-8(12)11-7-6-13-9(7,2)3/h4,7H,1,5-6H2,2-3H3,(H2,10,11,12). The molecule has 2 N–H and O–H groups in total. The minimum atomic E-state index is 0.319. The van der Waals surface area contributed by atoms with Crippen LogP contribution in [0.1, 0.15) is 13.8 Å². The Morgan fingerprint density at radius 1 is 1.77 bits per heavy atom. The molecule has 0 aromatic carbocycles. The third kappa shape index (κ3) is 2.88. The Morgan fingerprint density at radius 3 is 2.85 bits per heavy atom. The highest BCUT2D eigenvalue weighted by Crippen LogP contribution is 2.39. The number of hydrogen-bond acceptors (Lipinski definition) is 2. The molecule has 1 heterocycles. The van der Waals surface area contributed by atoms with E-state index in [0.29, 0.717) is 10.8 Å². The van der Waals surface area contributed by atoms with Crippen LogP contribution in [-0.2, 0) is 0 Å². The average Bonchev–Trinajstić information content (AvgIpc) is 2.09. The highest BCUT2D eigenvalue weighted by atomic mass is 32.2. The molecule has 1 aliphatic heterocycles. The smallest absolute Gasteiger partial charge is 0.166 e. The number of thioether (sulfide) groups is 1.